The number of nitrogens with zero attached hydrogens (tertiary/aromatic N) is 4. The molecule has 2 aromatic rings. The molecule has 280 valence electrons. The van der Waals surface area contributed by atoms with Crippen molar-refractivity contribution < 1.29 is 45.5 Å². The number of nitrogens with one attached hydrogen (secondary N) is 2. The van der Waals surface area contributed by atoms with Crippen LogP contribution in [0.15, 0.2) is 47.5 Å². The Hall–Kier alpha value is -4.78. The van der Waals surface area contributed by atoms with Crippen LogP contribution in [0.1, 0.15) is 55.7 Å². The molecule has 1 unspecified atom stereocenters. The highest BCUT2D eigenvalue weighted by atomic mass is 19.4. The van der Waals surface area contributed by atoms with Crippen molar-refractivity contribution in [3.8, 4) is 6.07 Å². The van der Waals surface area contributed by atoms with Crippen LogP contribution in [-0.4, -0.2) is 85.1 Å². The number of aliphatic imine (C=N–C) groups is 1. The number of piperazine rings is 1. The van der Waals surface area contributed by atoms with Crippen LogP contribution in [0.25, 0.3) is 0 Å². The molecule has 2 aliphatic rings. The minimum Gasteiger partial charge on any atom is -0.344 e. The number of carbonyl (C=O) groups is 4. The Kier molecular flexibility index (Phi) is 13.2. The number of amides is 4. The Labute approximate surface area is 297 Å². The van der Waals surface area contributed by atoms with Crippen molar-refractivity contribution in [1.82, 2.24) is 15.1 Å². The van der Waals surface area contributed by atoms with E-state index in [1.54, 1.807) is 17.9 Å². The summed E-state index contributed by atoms with van der Waals surface area (Å²) in [5.74, 6) is -12.7. The Bertz CT molecular complexity index is 1690. The number of benzene rings is 2. The van der Waals surface area contributed by atoms with Crippen molar-refractivity contribution in [2.45, 2.75) is 63.6 Å². The number of hydrogen-bond donors (Lipinski definition) is 2. The Morgan fingerprint density at radius 1 is 1.00 bits per heavy atom. The molecule has 4 rings (SSSR count). The van der Waals surface area contributed by atoms with Gasteiger partial charge in [-0.3, -0.25) is 19.2 Å². The smallest absolute Gasteiger partial charge is 0.344 e. The predicted molar refractivity (Wildman–Crippen MR) is 179 cm³/mol. The van der Waals surface area contributed by atoms with Crippen molar-refractivity contribution >= 4 is 35.5 Å². The average Bonchev–Trinajstić information content (AvgIpc) is 3.12. The molecule has 10 nitrogen and oxygen atoms in total. The number of alkyl halides is 5. The first-order valence-electron chi connectivity index (χ1n) is 16.9. The molecule has 0 radical (unpaired) electrons. The number of carbonyl (C=O) groups excluding carboxylic acids is 4. The van der Waals surface area contributed by atoms with E-state index in [4.69, 9.17) is 5.26 Å². The van der Waals surface area contributed by atoms with Gasteiger partial charge >= 0.3 is 18.0 Å². The summed E-state index contributed by atoms with van der Waals surface area (Å²) < 4.78 is 85.6. The summed E-state index contributed by atoms with van der Waals surface area (Å²) in [6.45, 7) is 3.82. The summed E-state index contributed by atoms with van der Waals surface area (Å²) in [6, 6.07) is 8.55. The highest BCUT2D eigenvalue weighted by molar-refractivity contribution is 6.05. The second-order valence-electron chi connectivity index (χ2n) is 13.1. The van der Waals surface area contributed by atoms with E-state index in [-0.39, 0.29) is 61.6 Å². The van der Waals surface area contributed by atoms with Crippen LogP contribution in [0.2, 0.25) is 0 Å². The SMILES string of the molecule is CCC(=O)N[C@H](Cc1ccc(NC(=O)C(C=NC(=O)C(F)(F)c2cccc(C#N)c2)C2CCC(C(F)(F)F)CC2)c(F)c1)C(=O)N1CCN(C)CC1. The van der Waals surface area contributed by atoms with Crippen molar-refractivity contribution in [2.75, 3.05) is 38.5 Å². The second kappa shape index (κ2) is 17.2. The molecular formula is C36H40F6N6O4. The molecule has 1 aliphatic heterocycles. The molecule has 2 atom stereocenters. The Morgan fingerprint density at radius 2 is 1.67 bits per heavy atom. The fourth-order valence-electron chi connectivity index (χ4n) is 6.33. The third-order valence-electron chi connectivity index (χ3n) is 9.52. The lowest BCUT2D eigenvalue weighted by Gasteiger charge is -2.34. The van der Waals surface area contributed by atoms with E-state index in [2.05, 4.69) is 20.5 Å². The van der Waals surface area contributed by atoms with Crippen LogP contribution < -0.4 is 10.6 Å². The maximum absolute atomic E-state index is 15.5. The molecule has 2 N–H and O–H groups in total. The van der Waals surface area contributed by atoms with Crippen molar-refractivity contribution in [3.63, 3.8) is 0 Å². The number of hydrogen-bond acceptors (Lipinski definition) is 6. The maximum Gasteiger partial charge on any atom is 0.391 e. The first-order valence-corrected chi connectivity index (χ1v) is 16.9. The molecule has 1 saturated carbocycles. The zero-order valence-electron chi connectivity index (χ0n) is 28.7. The van der Waals surface area contributed by atoms with Gasteiger partial charge < -0.3 is 20.4 Å². The fourth-order valence-corrected chi connectivity index (χ4v) is 6.33. The van der Waals surface area contributed by atoms with Gasteiger partial charge in [-0.25, -0.2) is 9.38 Å². The molecule has 16 heteroatoms. The average molecular weight is 735 g/mol. The molecule has 0 aromatic heterocycles. The zero-order chi connectivity index (χ0) is 38.2. The third kappa shape index (κ3) is 10.2. The van der Waals surface area contributed by atoms with Gasteiger partial charge in [-0.15, -0.1) is 0 Å². The monoisotopic (exact) mass is 734 g/mol. The number of rotatable bonds is 11. The molecular weight excluding hydrogens is 694 g/mol. The second-order valence-corrected chi connectivity index (χ2v) is 13.1. The van der Waals surface area contributed by atoms with Crippen molar-refractivity contribution in [3.05, 3.63) is 65.0 Å². The molecule has 1 heterocycles. The molecule has 4 amide bonds. The summed E-state index contributed by atoms with van der Waals surface area (Å²) in [5, 5.41) is 14.1. The largest absolute Gasteiger partial charge is 0.391 e. The minimum absolute atomic E-state index is 0.0621. The number of halogens is 6. The summed E-state index contributed by atoms with van der Waals surface area (Å²) in [6.07, 6.45) is -4.72. The van der Waals surface area contributed by atoms with Gasteiger partial charge in [0, 0.05) is 50.8 Å². The lowest BCUT2D eigenvalue weighted by atomic mass is 9.75. The first-order chi connectivity index (χ1) is 24.5. The Balaban J connectivity index is 1.54. The number of likely N-dealkylation sites (N-methyl/N-ethyl adjacent to an activating group) is 1. The van der Waals surface area contributed by atoms with E-state index in [0.29, 0.717) is 38.0 Å². The Morgan fingerprint density at radius 3 is 2.27 bits per heavy atom. The highest BCUT2D eigenvalue weighted by Crippen LogP contribution is 2.42. The highest BCUT2D eigenvalue weighted by Gasteiger charge is 2.44. The van der Waals surface area contributed by atoms with E-state index in [9.17, 15) is 32.3 Å². The van der Waals surface area contributed by atoms with Gasteiger partial charge in [-0.1, -0.05) is 25.1 Å². The van der Waals surface area contributed by atoms with Crippen LogP contribution in [0.5, 0.6) is 0 Å². The molecule has 2 fully saturated rings. The van der Waals surface area contributed by atoms with Gasteiger partial charge in [-0.05, 0) is 68.5 Å². The normalized spacial score (nSPS) is 19.8. The topological polar surface area (TPSA) is 135 Å². The van der Waals surface area contributed by atoms with Gasteiger partial charge in [0.15, 0.2) is 0 Å². The standard InChI is InChI=1S/C36H40F6N6O4/c1-3-31(49)45-30(33(51)48-15-13-47(2)14-16-48)19-22-7-12-29(28(37)18-22)46-32(50)27(24-8-10-25(11-9-24)36(40,41)42)21-44-34(52)35(38,39)26-6-4-5-23(17-26)20-43/h4-7,12,17-18,21,24-25,27,30H,3,8-11,13-16,19H2,1-2H3,(H,45,49)(H,46,50)/t24?,25?,27?,30-/m1/s1. The lowest BCUT2D eigenvalue weighted by Crippen LogP contribution is -2.54. The lowest BCUT2D eigenvalue weighted by molar-refractivity contribution is -0.184. The molecule has 0 bridgehead atoms. The van der Waals surface area contributed by atoms with Crippen LogP contribution in [0, 0.1) is 34.9 Å². The first kappa shape index (κ1) is 40.0. The quantitative estimate of drug-likeness (QED) is 0.240. The van der Waals surface area contributed by atoms with Crippen LogP contribution in [0.3, 0.4) is 0 Å². The van der Waals surface area contributed by atoms with Gasteiger partial charge in [0.05, 0.1) is 29.2 Å². The van der Waals surface area contributed by atoms with Gasteiger partial charge in [-0.2, -0.15) is 27.2 Å². The van der Waals surface area contributed by atoms with Crippen LogP contribution >= 0.6 is 0 Å². The third-order valence-corrected chi connectivity index (χ3v) is 9.52. The maximum atomic E-state index is 15.5. The fraction of sp³-hybridized carbons (Fsp3) is 0.500. The molecule has 0 spiro atoms. The van der Waals surface area contributed by atoms with Crippen LogP contribution in [-0.2, 0) is 31.5 Å². The summed E-state index contributed by atoms with van der Waals surface area (Å²) in [7, 11) is 1.92. The predicted octanol–water partition coefficient (Wildman–Crippen LogP) is 5.22. The van der Waals surface area contributed by atoms with E-state index in [0.717, 1.165) is 24.3 Å². The minimum atomic E-state index is -4.47. The summed E-state index contributed by atoms with van der Waals surface area (Å²) in [4.78, 5) is 58.8. The number of anilines is 1. The van der Waals surface area contributed by atoms with E-state index in [1.807, 2.05) is 7.05 Å². The molecule has 1 saturated heterocycles. The molecule has 1 aliphatic carbocycles. The van der Waals surface area contributed by atoms with Crippen molar-refractivity contribution in [2.24, 2.45) is 22.7 Å². The van der Waals surface area contributed by atoms with E-state index >= 15 is 13.2 Å². The molecule has 2 aromatic carbocycles. The van der Waals surface area contributed by atoms with Crippen LogP contribution in [0.4, 0.5) is 32.0 Å². The summed E-state index contributed by atoms with van der Waals surface area (Å²) in [5.41, 5.74) is -0.982. The van der Waals surface area contributed by atoms with Gasteiger partial charge in [0.25, 0.3) is 0 Å². The summed E-state index contributed by atoms with van der Waals surface area (Å²) >= 11 is 0. The van der Waals surface area contributed by atoms with Gasteiger partial charge in [0.1, 0.15) is 11.9 Å². The van der Waals surface area contributed by atoms with E-state index in [1.165, 1.54) is 18.2 Å². The number of nitriles is 1. The van der Waals surface area contributed by atoms with Gasteiger partial charge in [0.2, 0.25) is 17.7 Å². The zero-order valence-corrected chi connectivity index (χ0v) is 28.7. The van der Waals surface area contributed by atoms with Crippen molar-refractivity contribution in [1.29, 1.82) is 5.26 Å². The molecule has 52 heavy (non-hydrogen) atoms. The van der Waals surface area contributed by atoms with E-state index < -0.39 is 59.1 Å².